The molecule has 1 heterocycles. The van der Waals surface area contributed by atoms with Crippen LogP contribution in [0.15, 0.2) is 12.4 Å². The maximum Gasteiger partial charge on any atom is 0.270 e. The molecule has 1 aromatic heterocycles. The number of aromatic nitrogens is 2. The highest BCUT2D eigenvalue weighted by Gasteiger charge is 2.09. The Labute approximate surface area is 115 Å². The number of rotatable bonds is 8. The first-order valence-electron chi connectivity index (χ1n) is 7.00. The Morgan fingerprint density at radius 2 is 2.00 bits per heavy atom. The van der Waals surface area contributed by atoms with Gasteiger partial charge >= 0.3 is 0 Å². The van der Waals surface area contributed by atoms with Crippen molar-refractivity contribution in [3.63, 3.8) is 0 Å². The van der Waals surface area contributed by atoms with E-state index in [-0.39, 0.29) is 5.91 Å². The van der Waals surface area contributed by atoms with Gasteiger partial charge in [-0.05, 0) is 12.8 Å². The van der Waals surface area contributed by atoms with E-state index in [1.54, 1.807) is 6.07 Å². The van der Waals surface area contributed by atoms with Crippen LogP contribution in [-0.4, -0.2) is 36.0 Å². The van der Waals surface area contributed by atoms with Gasteiger partial charge in [0.05, 0.1) is 0 Å². The van der Waals surface area contributed by atoms with Gasteiger partial charge in [-0.2, -0.15) is 0 Å². The number of carbonyl (C=O) groups excluding carboxylic acids is 1. The SMILES string of the molecule is CCCCNC(=O)c1cc(N(C)CCCC)ncn1. The van der Waals surface area contributed by atoms with E-state index < -0.39 is 0 Å². The third-order valence-electron chi connectivity index (χ3n) is 2.94. The summed E-state index contributed by atoms with van der Waals surface area (Å²) in [6, 6.07) is 1.75. The first-order chi connectivity index (χ1) is 9.19. The summed E-state index contributed by atoms with van der Waals surface area (Å²) >= 11 is 0. The molecule has 1 rings (SSSR count). The Hall–Kier alpha value is -1.65. The van der Waals surface area contributed by atoms with Gasteiger partial charge in [0, 0.05) is 26.2 Å². The van der Waals surface area contributed by atoms with Crippen molar-refractivity contribution < 1.29 is 4.79 Å². The molecule has 0 aliphatic rings. The van der Waals surface area contributed by atoms with Crippen molar-refractivity contribution >= 4 is 11.7 Å². The maximum atomic E-state index is 11.9. The van der Waals surface area contributed by atoms with Crippen LogP contribution in [0.1, 0.15) is 50.0 Å². The zero-order valence-corrected chi connectivity index (χ0v) is 12.1. The minimum Gasteiger partial charge on any atom is -0.360 e. The summed E-state index contributed by atoms with van der Waals surface area (Å²) in [5.74, 6) is 0.671. The largest absolute Gasteiger partial charge is 0.360 e. The molecule has 0 aliphatic heterocycles. The maximum absolute atomic E-state index is 11.9. The molecule has 0 unspecified atom stereocenters. The number of amides is 1. The molecule has 1 amide bonds. The fraction of sp³-hybridized carbons (Fsp3) is 0.643. The smallest absolute Gasteiger partial charge is 0.270 e. The van der Waals surface area contributed by atoms with Crippen LogP contribution in [0.3, 0.4) is 0 Å². The molecule has 0 aliphatic carbocycles. The predicted octanol–water partition coefficient (Wildman–Crippen LogP) is 2.24. The standard InChI is InChI=1S/C14H24N4O/c1-4-6-8-15-14(19)12-10-13(17-11-16-12)18(3)9-7-5-2/h10-11H,4-9H2,1-3H3,(H,15,19). The summed E-state index contributed by atoms with van der Waals surface area (Å²) < 4.78 is 0. The highest BCUT2D eigenvalue weighted by molar-refractivity contribution is 5.92. The lowest BCUT2D eigenvalue weighted by atomic mass is 10.3. The van der Waals surface area contributed by atoms with Gasteiger partial charge in [-0.25, -0.2) is 9.97 Å². The Balaban J connectivity index is 2.62. The van der Waals surface area contributed by atoms with E-state index >= 15 is 0 Å². The third kappa shape index (κ3) is 5.24. The first kappa shape index (κ1) is 15.4. The summed E-state index contributed by atoms with van der Waals surface area (Å²) in [7, 11) is 1.98. The molecule has 0 saturated carbocycles. The second kappa shape index (κ2) is 8.45. The number of carbonyl (C=O) groups is 1. The van der Waals surface area contributed by atoms with E-state index in [4.69, 9.17) is 0 Å². The molecule has 0 fully saturated rings. The quantitative estimate of drug-likeness (QED) is 0.732. The molecule has 5 nitrogen and oxygen atoms in total. The molecule has 0 spiro atoms. The number of hydrogen-bond donors (Lipinski definition) is 1. The number of hydrogen-bond acceptors (Lipinski definition) is 4. The second-order valence-corrected chi connectivity index (χ2v) is 4.65. The van der Waals surface area contributed by atoms with Crippen molar-refractivity contribution in [2.45, 2.75) is 39.5 Å². The normalized spacial score (nSPS) is 10.3. The average Bonchev–Trinajstić information content (AvgIpc) is 2.45. The minimum atomic E-state index is -0.124. The Morgan fingerprint density at radius 3 is 2.68 bits per heavy atom. The van der Waals surface area contributed by atoms with E-state index in [1.165, 1.54) is 6.33 Å². The Bertz CT molecular complexity index is 395. The highest BCUT2D eigenvalue weighted by Crippen LogP contribution is 2.10. The lowest BCUT2D eigenvalue weighted by molar-refractivity contribution is 0.0948. The van der Waals surface area contributed by atoms with Gasteiger partial charge in [0.15, 0.2) is 0 Å². The highest BCUT2D eigenvalue weighted by atomic mass is 16.1. The van der Waals surface area contributed by atoms with Crippen LogP contribution in [0, 0.1) is 0 Å². The number of anilines is 1. The van der Waals surface area contributed by atoms with Crippen molar-refractivity contribution in [1.82, 2.24) is 15.3 Å². The van der Waals surface area contributed by atoms with Gasteiger partial charge in [0.25, 0.3) is 5.91 Å². The molecule has 0 radical (unpaired) electrons. The van der Waals surface area contributed by atoms with Crippen molar-refractivity contribution in [1.29, 1.82) is 0 Å². The van der Waals surface area contributed by atoms with Gasteiger partial charge in [-0.15, -0.1) is 0 Å². The number of nitrogens with one attached hydrogen (secondary N) is 1. The topological polar surface area (TPSA) is 58.1 Å². The molecule has 0 saturated heterocycles. The van der Waals surface area contributed by atoms with E-state index in [1.807, 2.05) is 11.9 Å². The summed E-state index contributed by atoms with van der Waals surface area (Å²) in [4.78, 5) is 22.2. The van der Waals surface area contributed by atoms with Crippen LogP contribution in [0.2, 0.25) is 0 Å². The van der Waals surface area contributed by atoms with Crippen molar-refractivity contribution in [3.8, 4) is 0 Å². The fourth-order valence-electron chi connectivity index (χ4n) is 1.66. The van der Waals surface area contributed by atoms with Gasteiger partial charge < -0.3 is 10.2 Å². The van der Waals surface area contributed by atoms with E-state index in [9.17, 15) is 4.79 Å². The van der Waals surface area contributed by atoms with Crippen LogP contribution < -0.4 is 10.2 Å². The van der Waals surface area contributed by atoms with E-state index in [0.29, 0.717) is 12.2 Å². The fourth-order valence-corrected chi connectivity index (χ4v) is 1.66. The van der Waals surface area contributed by atoms with Gasteiger partial charge in [0.1, 0.15) is 17.8 Å². The average molecular weight is 264 g/mol. The molecule has 1 N–H and O–H groups in total. The van der Waals surface area contributed by atoms with Crippen LogP contribution in [-0.2, 0) is 0 Å². The molecule has 1 aromatic rings. The molecular weight excluding hydrogens is 240 g/mol. The Morgan fingerprint density at radius 1 is 1.26 bits per heavy atom. The van der Waals surface area contributed by atoms with Gasteiger partial charge in [0.2, 0.25) is 0 Å². The molecular formula is C14H24N4O. The van der Waals surface area contributed by atoms with E-state index in [0.717, 1.165) is 38.0 Å². The van der Waals surface area contributed by atoms with Crippen molar-refractivity contribution in [2.24, 2.45) is 0 Å². The molecule has 0 bridgehead atoms. The third-order valence-corrected chi connectivity index (χ3v) is 2.94. The van der Waals surface area contributed by atoms with Crippen LogP contribution >= 0.6 is 0 Å². The van der Waals surface area contributed by atoms with Gasteiger partial charge in [-0.1, -0.05) is 26.7 Å². The van der Waals surface area contributed by atoms with Crippen molar-refractivity contribution in [2.75, 3.05) is 25.0 Å². The summed E-state index contributed by atoms with van der Waals surface area (Å²) in [6.45, 7) is 5.88. The summed E-state index contributed by atoms with van der Waals surface area (Å²) in [6.07, 6.45) is 5.75. The second-order valence-electron chi connectivity index (χ2n) is 4.65. The Kier molecular flexibility index (Phi) is 6.85. The minimum absolute atomic E-state index is 0.124. The predicted molar refractivity (Wildman–Crippen MR) is 77.5 cm³/mol. The lowest BCUT2D eigenvalue weighted by Gasteiger charge is -2.17. The molecule has 19 heavy (non-hydrogen) atoms. The zero-order valence-electron chi connectivity index (χ0n) is 12.1. The van der Waals surface area contributed by atoms with Crippen LogP contribution in [0.4, 0.5) is 5.82 Å². The molecule has 0 aromatic carbocycles. The zero-order chi connectivity index (χ0) is 14.1. The molecule has 5 heteroatoms. The monoisotopic (exact) mass is 264 g/mol. The number of nitrogens with zero attached hydrogens (tertiary/aromatic N) is 3. The summed E-state index contributed by atoms with van der Waals surface area (Å²) in [5.41, 5.74) is 0.435. The van der Waals surface area contributed by atoms with E-state index in [2.05, 4.69) is 29.1 Å². The number of unbranched alkanes of at least 4 members (excludes halogenated alkanes) is 2. The van der Waals surface area contributed by atoms with Crippen LogP contribution in [0.5, 0.6) is 0 Å². The van der Waals surface area contributed by atoms with Crippen LogP contribution in [0.25, 0.3) is 0 Å². The molecule has 0 atom stereocenters. The first-order valence-corrected chi connectivity index (χ1v) is 7.00. The lowest BCUT2D eigenvalue weighted by Crippen LogP contribution is -2.26. The van der Waals surface area contributed by atoms with Crippen molar-refractivity contribution in [3.05, 3.63) is 18.1 Å². The molecule has 106 valence electrons. The van der Waals surface area contributed by atoms with Gasteiger partial charge in [-0.3, -0.25) is 4.79 Å². The summed E-state index contributed by atoms with van der Waals surface area (Å²) in [5, 5.41) is 2.86.